The Balaban J connectivity index is 1.90. The number of nitrogens with zero attached hydrogens (tertiary/aromatic N) is 2. The van der Waals surface area contributed by atoms with Gasteiger partial charge in [0.1, 0.15) is 0 Å². The summed E-state index contributed by atoms with van der Waals surface area (Å²) < 4.78 is 6.62. The van der Waals surface area contributed by atoms with Crippen LogP contribution in [0.4, 0.5) is 5.13 Å². The van der Waals surface area contributed by atoms with Crippen molar-refractivity contribution in [3.63, 3.8) is 0 Å². The zero-order chi connectivity index (χ0) is 19.5. The van der Waals surface area contributed by atoms with Crippen molar-refractivity contribution in [3.05, 3.63) is 115 Å². The second-order valence-corrected chi connectivity index (χ2v) is 10.7. The summed E-state index contributed by atoms with van der Waals surface area (Å²) in [5, 5.41) is 4.53. The molecule has 2 nitrogen and oxygen atoms in total. The van der Waals surface area contributed by atoms with Gasteiger partial charge < -0.3 is 0 Å². The lowest BCUT2D eigenvalue weighted by Crippen LogP contribution is -2.25. The number of benzene rings is 4. The lowest BCUT2D eigenvalue weighted by Gasteiger charge is -2.26. The largest absolute Gasteiger partial charge is 0.225 e. The summed E-state index contributed by atoms with van der Waals surface area (Å²) in [7, 11) is -2.26. The maximum Gasteiger partial charge on any atom is 0.209 e. The number of hydrogen-bond acceptors (Lipinski definition) is 3. The fourth-order valence-corrected chi connectivity index (χ4v) is 8.17. The zero-order valence-electron chi connectivity index (χ0n) is 15.7. The molecule has 0 aliphatic heterocycles. The minimum absolute atomic E-state index is 0.830. The monoisotopic (exact) mass is 410 g/mol. The Morgan fingerprint density at radius 2 is 1.00 bits per heavy atom. The summed E-state index contributed by atoms with van der Waals surface area (Å²) in [4.78, 5) is 4.85. The number of aromatic nitrogens is 1. The molecule has 1 aromatic heterocycles. The number of hydrogen-bond donors (Lipinski definition) is 0. The van der Waals surface area contributed by atoms with Crippen LogP contribution in [0, 0.1) is 0 Å². The Hall–Kier alpha value is -3.00. The number of para-hydroxylation sites is 1. The standard InChI is InChI=1S/C25H19N2PS/c1-4-12-20(13-5-1)28(21-14-6-2-7-15-21,22-16-8-3-9-17-22)27-25-26-23-18-10-11-19-24(23)29-25/h1-19H. The Morgan fingerprint density at radius 1 is 0.552 bits per heavy atom. The van der Waals surface area contributed by atoms with Crippen molar-refractivity contribution in [2.75, 3.05) is 0 Å². The van der Waals surface area contributed by atoms with Gasteiger partial charge >= 0.3 is 0 Å². The molecule has 0 fully saturated rings. The predicted molar refractivity (Wildman–Crippen MR) is 127 cm³/mol. The van der Waals surface area contributed by atoms with Gasteiger partial charge in [0.15, 0.2) is 0 Å². The van der Waals surface area contributed by atoms with Gasteiger partial charge in [0.2, 0.25) is 5.13 Å². The van der Waals surface area contributed by atoms with Crippen molar-refractivity contribution in [3.8, 4) is 0 Å². The smallest absolute Gasteiger partial charge is 0.209 e. The first-order valence-electron chi connectivity index (χ1n) is 9.51. The topological polar surface area (TPSA) is 25.2 Å². The molecule has 0 spiro atoms. The van der Waals surface area contributed by atoms with E-state index in [2.05, 4.69) is 109 Å². The summed E-state index contributed by atoms with van der Waals surface area (Å²) in [6.07, 6.45) is 0. The molecule has 0 radical (unpaired) electrons. The summed E-state index contributed by atoms with van der Waals surface area (Å²) in [6, 6.07) is 40.2. The molecule has 0 unspecified atom stereocenters. The Bertz CT molecular complexity index is 1160. The van der Waals surface area contributed by atoms with Crippen LogP contribution in [-0.4, -0.2) is 4.98 Å². The summed E-state index contributed by atoms with van der Waals surface area (Å²) in [6.45, 7) is 0. The molecule has 4 aromatic carbocycles. The van der Waals surface area contributed by atoms with Crippen LogP contribution in [0.15, 0.2) is 120 Å². The second-order valence-electron chi connectivity index (χ2n) is 6.71. The van der Waals surface area contributed by atoms with E-state index in [9.17, 15) is 0 Å². The molecule has 5 rings (SSSR count). The van der Waals surface area contributed by atoms with E-state index in [0.29, 0.717) is 0 Å². The molecule has 0 aliphatic rings. The van der Waals surface area contributed by atoms with Gasteiger partial charge in [0.25, 0.3) is 0 Å². The highest BCUT2D eigenvalue weighted by Gasteiger charge is 2.28. The third kappa shape index (κ3) is 3.33. The van der Waals surface area contributed by atoms with Crippen LogP contribution < -0.4 is 15.9 Å². The van der Waals surface area contributed by atoms with Gasteiger partial charge in [0.05, 0.1) is 17.3 Å². The van der Waals surface area contributed by atoms with Gasteiger partial charge in [0, 0.05) is 15.9 Å². The fraction of sp³-hybridized carbons (Fsp3) is 0. The van der Waals surface area contributed by atoms with Crippen molar-refractivity contribution in [2.24, 2.45) is 4.74 Å². The van der Waals surface area contributed by atoms with Crippen LogP contribution in [0.25, 0.3) is 10.2 Å². The van der Waals surface area contributed by atoms with Crippen molar-refractivity contribution >= 4 is 49.7 Å². The molecule has 0 atom stereocenters. The molecule has 5 aromatic rings. The van der Waals surface area contributed by atoms with Gasteiger partial charge in [-0.25, -0.2) is 9.73 Å². The van der Waals surface area contributed by atoms with E-state index in [-0.39, 0.29) is 0 Å². The fourth-order valence-electron chi connectivity index (χ4n) is 3.58. The summed E-state index contributed by atoms with van der Waals surface area (Å²) in [5.74, 6) is 0. The summed E-state index contributed by atoms with van der Waals surface area (Å²) in [5.41, 5.74) is 1.00. The first-order valence-corrected chi connectivity index (χ1v) is 12.1. The molecule has 29 heavy (non-hydrogen) atoms. The summed E-state index contributed by atoms with van der Waals surface area (Å²) >= 11 is 1.66. The molecule has 0 saturated carbocycles. The Morgan fingerprint density at radius 3 is 1.48 bits per heavy atom. The van der Waals surface area contributed by atoms with Crippen LogP contribution >= 0.6 is 18.4 Å². The molecule has 0 amide bonds. The van der Waals surface area contributed by atoms with Gasteiger partial charge in [-0.3, -0.25) is 0 Å². The van der Waals surface area contributed by atoms with E-state index in [4.69, 9.17) is 9.73 Å². The lowest BCUT2D eigenvalue weighted by atomic mass is 10.3. The molecule has 140 valence electrons. The van der Waals surface area contributed by atoms with Crippen LogP contribution in [-0.2, 0) is 0 Å². The molecule has 0 N–H and O–H groups in total. The van der Waals surface area contributed by atoms with Crippen molar-refractivity contribution < 1.29 is 0 Å². The minimum atomic E-state index is -2.26. The molecular formula is C25H19N2PS. The normalized spacial score (nSPS) is 11.4. The van der Waals surface area contributed by atoms with Gasteiger partial charge in [-0.15, -0.1) is 0 Å². The van der Waals surface area contributed by atoms with Gasteiger partial charge in [-0.1, -0.05) is 114 Å². The minimum Gasteiger partial charge on any atom is -0.225 e. The van der Waals surface area contributed by atoms with Crippen LogP contribution in [0.5, 0.6) is 0 Å². The van der Waals surface area contributed by atoms with Crippen LogP contribution in [0.2, 0.25) is 0 Å². The maximum absolute atomic E-state index is 5.46. The molecule has 4 heteroatoms. The SMILES string of the molecule is c1ccc(P(=Nc2nc3ccccc3s2)(c2ccccc2)c2ccccc2)cc1. The highest BCUT2D eigenvalue weighted by Crippen LogP contribution is 2.50. The third-order valence-electron chi connectivity index (χ3n) is 4.91. The highest BCUT2D eigenvalue weighted by atomic mass is 32.1. The van der Waals surface area contributed by atoms with E-state index < -0.39 is 7.05 Å². The third-order valence-corrected chi connectivity index (χ3v) is 9.60. The Kier molecular flexibility index (Phi) is 4.85. The number of thiazole rings is 1. The quantitative estimate of drug-likeness (QED) is 0.328. The highest BCUT2D eigenvalue weighted by molar-refractivity contribution is 7.87. The van der Waals surface area contributed by atoms with Crippen LogP contribution in [0.1, 0.15) is 0 Å². The predicted octanol–water partition coefficient (Wildman–Crippen LogP) is 6.11. The van der Waals surface area contributed by atoms with Gasteiger partial charge in [-0.05, 0) is 12.1 Å². The molecule has 0 aliphatic carbocycles. The Labute approximate surface area is 174 Å². The van der Waals surface area contributed by atoms with Crippen molar-refractivity contribution in [1.82, 2.24) is 4.98 Å². The first kappa shape index (κ1) is 18.1. The maximum atomic E-state index is 5.46. The van der Waals surface area contributed by atoms with E-state index >= 15 is 0 Å². The first-order chi connectivity index (χ1) is 14.4. The number of rotatable bonds is 4. The van der Waals surface area contributed by atoms with Crippen molar-refractivity contribution in [2.45, 2.75) is 0 Å². The van der Waals surface area contributed by atoms with Crippen LogP contribution in [0.3, 0.4) is 0 Å². The zero-order valence-corrected chi connectivity index (χ0v) is 17.4. The molecule has 0 saturated heterocycles. The lowest BCUT2D eigenvalue weighted by molar-refractivity contribution is 1.42. The average Bonchev–Trinajstić information content (AvgIpc) is 3.22. The number of fused-ring (bicyclic) bond motifs is 1. The molecule has 0 bridgehead atoms. The van der Waals surface area contributed by atoms with Crippen molar-refractivity contribution in [1.29, 1.82) is 0 Å². The van der Waals surface area contributed by atoms with E-state index in [1.54, 1.807) is 11.3 Å². The van der Waals surface area contributed by atoms with E-state index in [0.717, 1.165) is 10.6 Å². The van der Waals surface area contributed by atoms with E-state index in [1.165, 1.54) is 20.6 Å². The average molecular weight is 410 g/mol. The van der Waals surface area contributed by atoms with E-state index in [1.807, 2.05) is 6.07 Å². The molecular weight excluding hydrogens is 391 g/mol. The second kappa shape index (κ2) is 7.79. The molecule has 1 heterocycles. The van der Waals surface area contributed by atoms with Gasteiger partial charge in [-0.2, -0.15) is 0 Å².